The fourth-order valence-corrected chi connectivity index (χ4v) is 1.89. The van der Waals surface area contributed by atoms with Crippen molar-refractivity contribution in [1.82, 2.24) is 0 Å². The maximum Gasteiger partial charge on any atom is 0.109 e. The number of hydrogen-bond acceptors (Lipinski definition) is 2. The van der Waals surface area contributed by atoms with Gasteiger partial charge in [0.25, 0.3) is 0 Å². The van der Waals surface area contributed by atoms with Gasteiger partial charge in [0.05, 0.1) is 12.6 Å². The molecular weight excluding hydrogens is 186 g/mol. The van der Waals surface area contributed by atoms with Crippen molar-refractivity contribution in [3.8, 4) is 0 Å². The molecule has 15 heavy (non-hydrogen) atoms. The summed E-state index contributed by atoms with van der Waals surface area (Å²) in [5.41, 5.74) is 8.62. The number of hydrogen-bond donors (Lipinski definition) is 1. The molecule has 1 atom stereocenters. The third-order valence-corrected chi connectivity index (χ3v) is 2.64. The highest BCUT2D eigenvalue weighted by Crippen LogP contribution is 2.16. The highest BCUT2D eigenvalue weighted by molar-refractivity contribution is 5.24. The second kappa shape index (κ2) is 4.49. The van der Waals surface area contributed by atoms with Crippen molar-refractivity contribution >= 4 is 0 Å². The van der Waals surface area contributed by atoms with Gasteiger partial charge in [-0.3, -0.25) is 0 Å². The molecule has 1 heterocycles. The van der Waals surface area contributed by atoms with Gasteiger partial charge in [-0.25, -0.2) is 0 Å². The van der Waals surface area contributed by atoms with Crippen molar-refractivity contribution in [3.63, 3.8) is 0 Å². The molecule has 1 unspecified atom stereocenters. The van der Waals surface area contributed by atoms with Crippen LogP contribution in [0.5, 0.6) is 0 Å². The Labute approximate surface area is 90.7 Å². The van der Waals surface area contributed by atoms with Gasteiger partial charge >= 0.3 is 0 Å². The van der Waals surface area contributed by atoms with Gasteiger partial charge in [0.2, 0.25) is 0 Å². The first-order valence-electron chi connectivity index (χ1n) is 5.39. The maximum absolute atomic E-state index is 6.07. The van der Waals surface area contributed by atoms with E-state index in [1.807, 2.05) is 0 Å². The molecule has 0 spiro atoms. The fourth-order valence-electron chi connectivity index (χ4n) is 1.89. The number of benzene rings is 1. The van der Waals surface area contributed by atoms with E-state index in [-0.39, 0.29) is 6.04 Å². The Morgan fingerprint density at radius 1 is 1.47 bits per heavy atom. The molecule has 0 fully saturated rings. The van der Waals surface area contributed by atoms with Crippen LogP contribution in [0.2, 0.25) is 0 Å². The fraction of sp³-hybridized carbons (Fsp3) is 0.385. The van der Waals surface area contributed by atoms with Crippen molar-refractivity contribution in [2.24, 2.45) is 5.73 Å². The van der Waals surface area contributed by atoms with Crippen LogP contribution in [0.15, 0.2) is 36.1 Å². The Morgan fingerprint density at radius 2 is 2.33 bits per heavy atom. The molecule has 1 aromatic rings. The number of aryl methyl sites for hydroxylation is 1. The summed E-state index contributed by atoms with van der Waals surface area (Å²) in [6, 6.07) is 8.47. The van der Waals surface area contributed by atoms with Gasteiger partial charge in [-0.15, -0.1) is 0 Å². The van der Waals surface area contributed by atoms with E-state index < -0.39 is 0 Å². The summed E-state index contributed by atoms with van der Waals surface area (Å²) < 4.78 is 5.45. The van der Waals surface area contributed by atoms with Crippen molar-refractivity contribution in [2.45, 2.75) is 25.8 Å². The van der Waals surface area contributed by atoms with Gasteiger partial charge in [0.1, 0.15) is 5.76 Å². The highest BCUT2D eigenvalue weighted by atomic mass is 16.5. The smallest absolute Gasteiger partial charge is 0.109 e. The Morgan fingerprint density at radius 3 is 3.00 bits per heavy atom. The van der Waals surface area contributed by atoms with Gasteiger partial charge in [0, 0.05) is 6.42 Å². The monoisotopic (exact) mass is 203 g/mol. The molecule has 2 rings (SSSR count). The predicted molar refractivity (Wildman–Crippen MR) is 61.5 cm³/mol. The molecule has 0 saturated carbocycles. The first kappa shape index (κ1) is 10.2. The minimum absolute atomic E-state index is 0.00861. The molecular formula is C13H17NO. The van der Waals surface area contributed by atoms with Crippen LogP contribution in [0, 0.1) is 6.92 Å². The standard InChI is InChI=1S/C13H17NO/c1-10-4-2-5-11(8-10)9-12(14)13-6-3-7-15-13/h2,4-6,8,12H,3,7,9,14H2,1H3. The van der Waals surface area contributed by atoms with Crippen LogP contribution < -0.4 is 5.73 Å². The molecule has 1 aliphatic rings. The molecule has 1 aromatic carbocycles. The van der Waals surface area contributed by atoms with Crippen molar-refractivity contribution < 1.29 is 4.74 Å². The summed E-state index contributed by atoms with van der Waals surface area (Å²) in [6.45, 7) is 2.89. The molecule has 0 saturated heterocycles. The minimum Gasteiger partial charge on any atom is -0.496 e. The van der Waals surface area contributed by atoms with E-state index >= 15 is 0 Å². The van der Waals surface area contributed by atoms with Crippen molar-refractivity contribution in [1.29, 1.82) is 0 Å². The Kier molecular flexibility index (Phi) is 3.07. The van der Waals surface area contributed by atoms with Crippen molar-refractivity contribution in [2.75, 3.05) is 6.61 Å². The molecule has 0 bridgehead atoms. The lowest BCUT2D eigenvalue weighted by Crippen LogP contribution is -2.25. The van der Waals surface area contributed by atoms with Gasteiger partial charge in [0.15, 0.2) is 0 Å². The van der Waals surface area contributed by atoms with Crippen LogP contribution in [-0.4, -0.2) is 12.6 Å². The molecule has 0 aromatic heterocycles. The first-order chi connectivity index (χ1) is 7.25. The number of ether oxygens (including phenoxy) is 1. The Bertz CT molecular complexity index is 371. The molecule has 0 amide bonds. The molecule has 0 aliphatic carbocycles. The minimum atomic E-state index is 0.00861. The Balaban J connectivity index is 2.02. The SMILES string of the molecule is Cc1cccc(CC(N)C2=CCCO2)c1. The van der Waals surface area contributed by atoms with Gasteiger partial charge < -0.3 is 10.5 Å². The highest BCUT2D eigenvalue weighted by Gasteiger charge is 2.14. The maximum atomic E-state index is 6.07. The van der Waals surface area contributed by atoms with Crippen LogP contribution in [-0.2, 0) is 11.2 Å². The molecule has 80 valence electrons. The molecule has 1 aliphatic heterocycles. The molecule has 2 heteroatoms. The zero-order valence-corrected chi connectivity index (χ0v) is 9.07. The lowest BCUT2D eigenvalue weighted by molar-refractivity contribution is 0.224. The average molecular weight is 203 g/mol. The summed E-state index contributed by atoms with van der Waals surface area (Å²) in [7, 11) is 0. The second-order valence-corrected chi connectivity index (χ2v) is 4.04. The number of rotatable bonds is 3. The van der Waals surface area contributed by atoms with Crippen LogP contribution in [0.25, 0.3) is 0 Å². The van der Waals surface area contributed by atoms with E-state index in [0.29, 0.717) is 0 Å². The molecule has 2 nitrogen and oxygen atoms in total. The summed E-state index contributed by atoms with van der Waals surface area (Å²) in [5.74, 6) is 0.955. The van der Waals surface area contributed by atoms with Crippen LogP contribution in [0.1, 0.15) is 17.5 Å². The van der Waals surface area contributed by atoms with Crippen molar-refractivity contribution in [3.05, 3.63) is 47.2 Å². The van der Waals surface area contributed by atoms with Crippen LogP contribution >= 0.6 is 0 Å². The Hall–Kier alpha value is -1.28. The largest absolute Gasteiger partial charge is 0.496 e. The van der Waals surface area contributed by atoms with E-state index in [2.05, 4.69) is 37.3 Å². The van der Waals surface area contributed by atoms with Crippen LogP contribution in [0.4, 0.5) is 0 Å². The van der Waals surface area contributed by atoms with E-state index in [9.17, 15) is 0 Å². The normalized spacial score (nSPS) is 17.1. The number of nitrogens with two attached hydrogens (primary N) is 1. The lowest BCUT2D eigenvalue weighted by Gasteiger charge is -2.13. The van der Waals surface area contributed by atoms with E-state index in [1.54, 1.807) is 0 Å². The van der Waals surface area contributed by atoms with Crippen LogP contribution in [0.3, 0.4) is 0 Å². The molecule has 0 radical (unpaired) electrons. The quantitative estimate of drug-likeness (QED) is 0.817. The molecule has 2 N–H and O–H groups in total. The summed E-state index contributed by atoms with van der Waals surface area (Å²) in [4.78, 5) is 0. The van der Waals surface area contributed by atoms with Gasteiger partial charge in [-0.05, 0) is 25.0 Å². The predicted octanol–water partition coefficient (Wildman–Crippen LogP) is 2.17. The summed E-state index contributed by atoms with van der Waals surface area (Å²) >= 11 is 0. The second-order valence-electron chi connectivity index (χ2n) is 4.04. The van der Waals surface area contributed by atoms with E-state index in [0.717, 1.165) is 25.2 Å². The average Bonchev–Trinajstić information content (AvgIpc) is 2.70. The third-order valence-electron chi connectivity index (χ3n) is 2.64. The zero-order valence-electron chi connectivity index (χ0n) is 9.07. The first-order valence-corrected chi connectivity index (χ1v) is 5.39. The topological polar surface area (TPSA) is 35.2 Å². The summed E-state index contributed by atoms with van der Waals surface area (Å²) in [6.07, 6.45) is 3.95. The van der Waals surface area contributed by atoms with Gasteiger partial charge in [-0.2, -0.15) is 0 Å². The third kappa shape index (κ3) is 2.60. The van der Waals surface area contributed by atoms with Gasteiger partial charge in [-0.1, -0.05) is 29.8 Å². The zero-order chi connectivity index (χ0) is 10.7. The lowest BCUT2D eigenvalue weighted by atomic mass is 10.0. The summed E-state index contributed by atoms with van der Waals surface area (Å²) in [5, 5.41) is 0. The van der Waals surface area contributed by atoms with E-state index in [1.165, 1.54) is 11.1 Å². The van der Waals surface area contributed by atoms with E-state index in [4.69, 9.17) is 10.5 Å².